The van der Waals surface area contributed by atoms with E-state index in [1.165, 1.54) is 16.7 Å². The molecule has 82 valence electrons. The van der Waals surface area contributed by atoms with Crippen LogP contribution in [0.25, 0.3) is 5.57 Å². The predicted molar refractivity (Wildman–Crippen MR) is 69.0 cm³/mol. The van der Waals surface area contributed by atoms with E-state index >= 15 is 0 Å². The third-order valence-electron chi connectivity index (χ3n) is 2.64. The summed E-state index contributed by atoms with van der Waals surface area (Å²) in [5, 5.41) is 0. The molecule has 0 saturated heterocycles. The van der Waals surface area contributed by atoms with E-state index in [-0.39, 0.29) is 0 Å². The first-order valence-corrected chi connectivity index (χ1v) is 5.78. The fourth-order valence-corrected chi connectivity index (χ4v) is 1.71. The van der Waals surface area contributed by atoms with Gasteiger partial charge in [0.25, 0.3) is 0 Å². The summed E-state index contributed by atoms with van der Waals surface area (Å²) < 4.78 is 0. The van der Waals surface area contributed by atoms with Gasteiger partial charge < -0.3 is 0 Å². The van der Waals surface area contributed by atoms with Gasteiger partial charge in [0, 0.05) is 0 Å². The fourth-order valence-electron chi connectivity index (χ4n) is 1.71. The van der Waals surface area contributed by atoms with E-state index < -0.39 is 0 Å². The Morgan fingerprint density at radius 3 is 2.00 bits per heavy atom. The second-order valence-corrected chi connectivity index (χ2v) is 4.98. The molecule has 0 N–H and O–H groups in total. The van der Waals surface area contributed by atoms with Crippen LogP contribution in [0.4, 0.5) is 0 Å². The van der Waals surface area contributed by atoms with E-state index in [9.17, 15) is 0 Å². The average molecular weight is 202 g/mol. The maximum Gasteiger partial charge on any atom is -0.0219 e. The monoisotopic (exact) mass is 202 g/mol. The smallest absolute Gasteiger partial charge is 0.0219 e. The van der Waals surface area contributed by atoms with E-state index in [2.05, 4.69) is 58.5 Å². The molecule has 0 aromatic heterocycles. The minimum Gasteiger partial charge on any atom is -0.0952 e. The van der Waals surface area contributed by atoms with Gasteiger partial charge in [-0.1, -0.05) is 58.5 Å². The molecular weight excluding hydrogens is 180 g/mol. The highest BCUT2D eigenvalue weighted by Gasteiger charge is 2.03. The highest BCUT2D eigenvalue weighted by atomic mass is 14.1. The number of benzene rings is 1. The topological polar surface area (TPSA) is 0 Å². The largest absolute Gasteiger partial charge is 0.0952 e. The van der Waals surface area contributed by atoms with Crippen molar-refractivity contribution in [2.45, 2.75) is 40.0 Å². The van der Waals surface area contributed by atoms with Crippen molar-refractivity contribution in [3.05, 3.63) is 42.0 Å². The number of allylic oxidation sites excluding steroid dienone is 1. The van der Waals surface area contributed by atoms with Crippen LogP contribution in [-0.4, -0.2) is 0 Å². The first kappa shape index (κ1) is 12.0. The minimum absolute atomic E-state index is 0.609. The van der Waals surface area contributed by atoms with Crippen LogP contribution in [-0.2, 0) is 0 Å². The molecule has 1 aromatic rings. The maximum atomic E-state index is 4.14. The Kier molecular flexibility index (Phi) is 4.14. The summed E-state index contributed by atoms with van der Waals surface area (Å²) in [4.78, 5) is 0. The molecule has 0 heterocycles. The van der Waals surface area contributed by atoms with Crippen molar-refractivity contribution in [2.24, 2.45) is 5.92 Å². The van der Waals surface area contributed by atoms with Crippen molar-refractivity contribution < 1.29 is 0 Å². The second kappa shape index (κ2) is 5.16. The minimum atomic E-state index is 0.609. The third kappa shape index (κ3) is 3.54. The normalized spacial score (nSPS) is 11.1. The molecule has 0 saturated carbocycles. The standard InChI is InChI=1S/C15H22/c1-11(2)10-13(5)15-8-6-14(7-9-15)12(3)4/h6-9,11-12H,5,10H2,1-4H3. The van der Waals surface area contributed by atoms with E-state index in [1.54, 1.807) is 0 Å². The SMILES string of the molecule is C=C(CC(C)C)c1ccc(C(C)C)cc1. The molecule has 0 aliphatic rings. The molecule has 0 aliphatic heterocycles. The molecule has 0 bridgehead atoms. The van der Waals surface area contributed by atoms with E-state index in [4.69, 9.17) is 0 Å². The van der Waals surface area contributed by atoms with Gasteiger partial charge in [-0.3, -0.25) is 0 Å². The third-order valence-corrected chi connectivity index (χ3v) is 2.64. The van der Waals surface area contributed by atoms with Crippen molar-refractivity contribution in [1.29, 1.82) is 0 Å². The van der Waals surface area contributed by atoms with Crippen molar-refractivity contribution >= 4 is 5.57 Å². The molecule has 0 radical (unpaired) electrons. The van der Waals surface area contributed by atoms with Gasteiger partial charge in [0.1, 0.15) is 0 Å². The Balaban J connectivity index is 2.75. The van der Waals surface area contributed by atoms with Gasteiger partial charge in [0.05, 0.1) is 0 Å². The van der Waals surface area contributed by atoms with Crippen LogP contribution in [0.1, 0.15) is 51.2 Å². The van der Waals surface area contributed by atoms with Crippen LogP contribution in [0.15, 0.2) is 30.8 Å². The molecule has 0 fully saturated rings. The molecular formula is C15H22. The van der Waals surface area contributed by atoms with Crippen molar-refractivity contribution in [1.82, 2.24) is 0 Å². The van der Waals surface area contributed by atoms with Crippen LogP contribution in [0.3, 0.4) is 0 Å². The molecule has 1 aromatic carbocycles. The summed E-state index contributed by atoms with van der Waals surface area (Å²) in [6.07, 6.45) is 1.08. The molecule has 0 aliphatic carbocycles. The van der Waals surface area contributed by atoms with Gasteiger partial charge in [-0.15, -0.1) is 0 Å². The molecule has 1 rings (SSSR count). The van der Waals surface area contributed by atoms with E-state index in [0.29, 0.717) is 11.8 Å². The number of rotatable bonds is 4. The lowest BCUT2D eigenvalue weighted by Crippen LogP contribution is -1.92. The Hall–Kier alpha value is -1.04. The highest BCUT2D eigenvalue weighted by Crippen LogP contribution is 2.22. The molecule has 0 nitrogen and oxygen atoms in total. The molecule has 0 atom stereocenters. The van der Waals surface area contributed by atoms with Gasteiger partial charge >= 0.3 is 0 Å². The van der Waals surface area contributed by atoms with Gasteiger partial charge in [-0.2, -0.15) is 0 Å². The Morgan fingerprint density at radius 2 is 1.60 bits per heavy atom. The first-order chi connectivity index (χ1) is 7.00. The maximum absolute atomic E-state index is 4.14. The van der Waals surface area contributed by atoms with E-state index in [0.717, 1.165) is 6.42 Å². The second-order valence-electron chi connectivity index (χ2n) is 4.98. The van der Waals surface area contributed by atoms with Crippen LogP contribution in [0, 0.1) is 5.92 Å². The Bertz CT molecular complexity index is 314. The quantitative estimate of drug-likeness (QED) is 0.653. The van der Waals surface area contributed by atoms with Crippen LogP contribution >= 0.6 is 0 Å². The number of hydrogen-bond donors (Lipinski definition) is 0. The summed E-state index contributed by atoms with van der Waals surface area (Å²) in [5.41, 5.74) is 3.93. The summed E-state index contributed by atoms with van der Waals surface area (Å²) >= 11 is 0. The van der Waals surface area contributed by atoms with Crippen LogP contribution < -0.4 is 0 Å². The van der Waals surface area contributed by atoms with Crippen molar-refractivity contribution in [2.75, 3.05) is 0 Å². The Morgan fingerprint density at radius 1 is 1.07 bits per heavy atom. The average Bonchev–Trinajstić information content (AvgIpc) is 2.17. The predicted octanol–water partition coefficient (Wildman–Crippen LogP) is 4.87. The highest BCUT2D eigenvalue weighted by molar-refractivity contribution is 5.63. The summed E-state index contributed by atoms with van der Waals surface area (Å²) in [5.74, 6) is 1.29. The lowest BCUT2D eigenvalue weighted by atomic mass is 9.95. The van der Waals surface area contributed by atoms with Gasteiger partial charge in [0.15, 0.2) is 0 Å². The summed E-state index contributed by atoms with van der Waals surface area (Å²) in [6.45, 7) is 13.0. The lowest BCUT2D eigenvalue weighted by Gasteiger charge is -2.10. The van der Waals surface area contributed by atoms with E-state index in [1.807, 2.05) is 0 Å². The van der Waals surface area contributed by atoms with Gasteiger partial charge in [-0.25, -0.2) is 0 Å². The molecule has 0 spiro atoms. The summed E-state index contributed by atoms with van der Waals surface area (Å²) in [6, 6.07) is 8.82. The first-order valence-electron chi connectivity index (χ1n) is 5.78. The summed E-state index contributed by atoms with van der Waals surface area (Å²) in [7, 11) is 0. The van der Waals surface area contributed by atoms with Crippen LogP contribution in [0.2, 0.25) is 0 Å². The number of hydrogen-bond acceptors (Lipinski definition) is 0. The van der Waals surface area contributed by atoms with Crippen molar-refractivity contribution in [3.8, 4) is 0 Å². The molecule has 0 heteroatoms. The zero-order chi connectivity index (χ0) is 11.4. The fraction of sp³-hybridized carbons (Fsp3) is 0.467. The van der Waals surface area contributed by atoms with Crippen molar-refractivity contribution in [3.63, 3.8) is 0 Å². The zero-order valence-corrected chi connectivity index (χ0v) is 10.4. The molecule has 0 unspecified atom stereocenters. The Labute approximate surface area is 94.0 Å². The van der Waals surface area contributed by atoms with Crippen LogP contribution in [0.5, 0.6) is 0 Å². The van der Waals surface area contributed by atoms with Gasteiger partial charge in [0.2, 0.25) is 0 Å². The molecule has 15 heavy (non-hydrogen) atoms. The molecule has 0 amide bonds. The van der Waals surface area contributed by atoms with Gasteiger partial charge in [-0.05, 0) is 35.0 Å². The lowest BCUT2D eigenvalue weighted by molar-refractivity contribution is 0.674. The zero-order valence-electron chi connectivity index (χ0n) is 10.4.